The molecule has 0 unspecified atom stereocenters. The fourth-order valence-electron chi connectivity index (χ4n) is 4.68. The van der Waals surface area contributed by atoms with Crippen LogP contribution in [-0.2, 0) is 0 Å². The molecule has 0 heterocycles. The Morgan fingerprint density at radius 2 is 0.963 bits per heavy atom. The zero-order valence-corrected chi connectivity index (χ0v) is 15.2. The van der Waals surface area contributed by atoms with Crippen LogP contribution < -0.4 is 0 Å². The van der Waals surface area contributed by atoms with Crippen molar-refractivity contribution in [2.75, 3.05) is 0 Å². The van der Waals surface area contributed by atoms with Crippen molar-refractivity contribution in [3.8, 4) is 0 Å². The van der Waals surface area contributed by atoms with Crippen LogP contribution in [0.2, 0.25) is 0 Å². The fourth-order valence-corrected chi connectivity index (χ4v) is 4.68. The molecule has 0 radical (unpaired) electrons. The van der Waals surface area contributed by atoms with E-state index in [0.717, 1.165) is 0 Å². The smallest absolute Gasteiger partial charge is 0.00142 e. The normalized spacial score (nSPS) is 11.9. The fraction of sp³-hybridized carbons (Fsp3) is 0.0370. The average molecular weight is 342 g/mol. The van der Waals surface area contributed by atoms with Gasteiger partial charge in [-0.05, 0) is 66.3 Å². The minimum absolute atomic E-state index is 1.30. The summed E-state index contributed by atoms with van der Waals surface area (Å²) in [6, 6.07) is 33.4. The Morgan fingerprint density at radius 1 is 0.407 bits per heavy atom. The SMILES string of the molecule is Cc1cc2ccccc2c2c1ccc1ccc3ccc4ccccc4c3c12. The van der Waals surface area contributed by atoms with Crippen LogP contribution in [0.5, 0.6) is 0 Å². The molecule has 0 atom stereocenters. The second kappa shape index (κ2) is 5.31. The van der Waals surface area contributed by atoms with Crippen LogP contribution in [0.1, 0.15) is 5.56 Å². The van der Waals surface area contributed by atoms with Gasteiger partial charge in [0, 0.05) is 0 Å². The van der Waals surface area contributed by atoms with Crippen molar-refractivity contribution >= 4 is 53.9 Å². The van der Waals surface area contributed by atoms with E-state index in [-0.39, 0.29) is 0 Å². The van der Waals surface area contributed by atoms with Gasteiger partial charge in [-0.25, -0.2) is 0 Å². The number of aryl methyl sites for hydroxylation is 1. The molecule has 0 aliphatic heterocycles. The van der Waals surface area contributed by atoms with Gasteiger partial charge in [-0.15, -0.1) is 0 Å². The number of rotatable bonds is 0. The lowest BCUT2D eigenvalue weighted by Gasteiger charge is -2.14. The molecule has 0 amide bonds. The van der Waals surface area contributed by atoms with Crippen LogP contribution in [0.4, 0.5) is 0 Å². The first-order valence-corrected chi connectivity index (χ1v) is 9.46. The highest BCUT2D eigenvalue weighted by atomic mass is 14.2. The van der Waals surface area contributed by atoms with Gasteiger partial charge < -0.3 is 0 Å². The zero-order valence-electron chi connectivity index (χ0n) is 15.2. The third-order valence-corrected chi connectivity index (χ3v) is 5.92. The molecule has 0 fully saturated rings. The van der Waals surface area contributed by atoms with Gasteiger partial charge >= 0.3 is 0 Å². The number of hydrogen-bond donors (Lipinski definition) is 0. The summed E-state index contributed by atoms with van der Waals surface area (Å²) in [6.07, 6.45) is 0. The number of benzene rings is 6. The quantitative estimate of drug-likeness (QED) is 0.247. The van der Waals surface area contributed by atoms with E-state index in [0.29, 0.717) is 0 Å². The zero-order chi connectivity index (χ0) is 18.0. The van der Waals surface area contributed by atoms with Gasteiger partial charge in [0.15, 0.2) is 0 Å². The van der Waals surface area contributed by atoms with Crippen molar-refractivity contribution in [1.82, 2.24) is 0 Å². The van der Waals surface area contributed by atoms with Crippen LogP contribution >= 0.6 is 0 Å². The standard InChI is InChI=1S/C27H18/c1-17-16-21-7-3-5-9-24(21)27-22(17)15-14-20-13-12-19-11-10-18-6-2-4-8-23(18)25(19)26(20)27/h2-16H,1H3. The molecular weight excluding hydrogens is 324 g/mol. The van der Waals surface area contributed by atoms with Gasteiger partial charge in [-0.1, -0.05) is 91.0 Å². The van der Waals surface area contributed by atoms with E-state index in [4.69, 9.17) is 0 Å². The molecule has 0 saturated carbocycles. The molecule has 0 heteroatoms. The van der Waals surface area contributed by atoms with Gasteiger partial charge in [-0.2, -0.15) is 0 Å². The Balaban J connectivity index is 2.04. The third kappa shape index (κ3) is 1.98. The van der Waals surface area contributed by atoms with Gasteiger partial charge in [-0.3, -0.25) is 0 Å². The molecule has 0 spiro atoms. The number of hydrogen-bond acceptors (Lipinski definition) is 0. The molecule has 0 bridgehead atoms. The van der Waals surface area contributed by atoms with Gasteiger partial charge in [0.2, 0.25) is 0 Å². The molecule has 0 nitrogen and oxygen atoms in total. The van der Waals surface area contributed by atoms with E-state index in [1.807, 2.05) is 0 Å². The summed E-state index contributed by atoms with van der Waals surface area (Å²) in [5.41, 5.74) is 1.34. The summed E-state index contributed by atoms with van der Waals surface area (Å²) < 4.78 is 0. The van der Waals surface area contributed by atoms with Crippen LogP contribution in [0.3, 0.4) is 0 Å². The molecule has 0 saturated heterocycles. The van der Waals surface area contributed by atoms with Crippen molar-refractivity contribution in [2.45, 2.75) is 6.92 Å². The first-order chi connectivity index (χ1) is 13.3. The Morgan fingerprint density at radius 3 is 1.74 bits per heavy atom. The summed E-state index contributed by atoms with van der Waals surface area (Å²) in [6.45, 7) is 2.23. The Hall–Kier alpha value is -3.38. The van der Waals surface area contributed by atoms with Gasteiger partial charge in [0.25, 0.3) is 0 Å². The topological polar surface area (TPSA) is 0 Å². The second-order valence-corrected chi connectivity index (χ2v) is 7.45. The maximum absolute atomic E-state index is 2.31. The van der Waals surface area contributed by atoms with Crippen LogP contribution in [-0.4, -0.2) is 0 Å². The molecule has 0 aliphatic carbocycles. The van der Waals surface area contributed by atoms with E-state index in [2.05, 4.69) is 97.9 Å². The lowest BCUT2D eigenvalue weighted by atomic mass is 9.89. The largest absolute Gasteiger partial charge is 0.0616 e. The molecule has 126 valence electrons. The second-order valence-electron chi connectivity index (χ2n) is 7.45. The van der Waals surface area contributed by atoms with Crippen molar-refractivity contribution in [2.24, 2.45) is 0 Å². The van der Waals surface area contributed by atoms with Gasteiger partial charge in [0.1, 0.15) is 0 Å². The van der Waals surface area contributed by atoms with Crippen molar-refractivity contribution < 1.29 is 0 Å². The Kier molecular flexibility index (Phi) is 2.90. The average Bonchev–Trinajstić information content (AvgIpc) is 2.72. The van der Waals surface area contributed by atoms with Gasteiger partial charge in [0.05, 0.1) is 0 Å². The van der Waals surface area contributed by atoms with E-state index in [1.54, 1.807) is 0 Å². The predicted molar refractivity (Wildman–Crippen MR) is 119 cm³/mol. The molecule has 0 aromatic heterocycles. The predicted octanol–water partition coefficient (Wildman–Crippen LogP) is 7.76. The Labute approximate surface area is 157 Å². The van der Waals surface area contributed by atoms with Crippen molar-refractivity contribution in [3.63, 3.8) is 0 Å². The molecule has 6 aromatic carbocycles. The highest BCUT2D eigenvalue weighted by molar-refractivity contribution is 6.32. The summed E-state index contributed by atoms with van der Waals surface area (Å²) in [7, 11) is 0. The molecular formula is C27H18. The van der Waals surface area contributed by atoms with E-state index in [1.165, 1.54) is 59.4 Å². The summed E-state index contributed by atoms with van der Waals surface area (Å²) in [4.78, 5) is 0. The summed E-state index contributed by atoms with van der Waals surface area (Å²) in [5.74, 6) is 0. The summed E-state index contributed by atoms with van der Waals surface area (Å²) >= 11 is 0. The lowest BCUT2D eigenvalue weighted by Crippen LogP contribution is -1.87. The maximum atomic E-state index is 2.31. The van der Waals surface area contributed by atoms with E-state index < -0.39 is 0 Å². The Bertz CT molecular complexity index is 1510. The molecule has 6 aromatic rings. The minimum Gasteiger partial charge on any atom is -0.0616 e. The van der Waals surface area contributed by atoms with E-state index in [9.17, 15) is 0 Å². The van der Waals surface area contributed by atoms with Crippen LogP contribution in [0.15, 0.2) is 91.0 Å². The lowest BCUT2D eigenvalue weighted by molar-refractivity contribution is 1.56. The first kappa shape index (κ1) is 14.8. The van der Waals surface area contributed by atoms with Crippen LogP contribution in [0, 0.1) is 6.92 Å². The number of fused-ring (bicyclic) bond motifs is 9. The first-order valence-electron chi connectivity index (χ1n) is 9.46. The highest BCUT2D eigenvalue weighted by Gasteiger charge is 2.12. The third-order valence-electron chi connectivity index (χ3n) is 5.92. The maximum Gasteiger partial charge on any atom is -0.00142 e. The molecule has 0 N–H and O–H groups in total. The molecule has 0 aliphatic rings. The van der Waals surface area contributed by atoms with Crippen molar-refractivity contribution in [1.29, 1.82) is 0 Å². The summed E-state index contributed by atoms with van der Waals surface area (Å²) in [5, 5.41) is 13.4. The van der Waals surface area contributed by atoms with Crippen molar-refractivity contribution in [3.05, 3.63) is 96.6 Å². The van der Waals surface area contributed by atoms with E-state index >= 15 is 0 Å². The minimum atomic E-state index is 1.30. The monoisotopic (exact) mass is 342 g/mol. The van der Waals surface area contributed by atoms with Crippen LogP contribution in [0.25, 0.3) is 53.9 Å². The molecule has 27 heavy (non-hydrogen) atoms. The highest BCUT2D eigenvalue weighted by Crippen LogP contribution is 2.40. The molecule has 6 rings (SSSR count).